The Morgan fingerprint density at radius 3 is 2.52 bits per heavy atom. The molecule has 0 spiro atoms. The normalized spacial score (nSPS) is 11.0. The minimum Gasteiger partial charge on any atom is -0.481 e. The Balaban J connectivity index is 2.66. The number of hydrogen-bond acceptors (Lipinski definition) is 3. The average molecular weight is 335 g/mol. The Labute approximate surface area is 142 Å². The molecule has 1 aromatic carbocycles. The van der Waals surface area contributed by atoms with Crippen molar-refractivity contribution in [2.24, 2.45) is 5.41 Å². The number of carboxylic acid groups (broad SMARTS) is 1. The van der Waals surface area contributed by atoms with Crippen molar-refractivity contribution in [1.29, 1.82) is 0 Å². The average Bonchev–Trinajstić information content (AvgIpc) is 2.47. The van der Waals surface area contributed by atoms with Crippen LogP contribution in [-0.4, -0.2) is 29.3 Å². The number of carbonyl (C=O) groups is 2. The summed E-state index contributed by atoms with van der Waals surface area (Å²) in [7, 11) is 0. The molecule has 0 atom stereocenters. The van der Waals surface area contributed by atoms with E-state index in [1.807, 2.05) is 32.0 Å². The van der Waals surface area contributed by atoms with Crippen LogP contribution in [0.15, 0.2) is 40.8 Å². The number of hydrogen-bond donors (Lipinski definition) is 2. The van der Waals surface area contributed by atoms with E-state index < -0.39 is 11.4 Å². The minimum atomic E-state index is -0.857. The maximum atomic E-state index is 12.3. The molecule has 0 bridgehead atoms. The molecule has 0 heterocycles. The van der Waals surface area contributed by atoms with Crippen molar-refractivity contribution in [3.63, 3.8) is 0 Å². The zero-order chi connectivity index (χ0) is 17.5. The second-order valence-electron chi connectivity index (χ2n) is 6.28. The van der Waals surface area contributed by atoms with Crippen LogP contribution in [0.5, 0.6) is 0 Å². The number of benzene rings is 1. The number of carboxylic acids is 1. The predicted molar refractivity (Wildman–Crippen MR) is 95.0 cm³/mol. The molecule has 0 saturated carbocycles. The fraction of sp³-hybridized carbons (Fsp3) is 0.444. The van der Waals surface area contributed by atoms with Crippen LogP contribution in [-0.2, 0) is 4.79 Å². The van der Waals surface area contributed by atoms with Crippen LogP contribution in [0.1, 0.15) is 44.5 Å². The largest absolute Gasteiger partial charge is 0.481 e. The third kappa shape index (κ3) is 6.48. The van der Waals surface area contributed by atoms with Crippen LogP contribution < -0.4 is 5.32 Å². The smallest absolute Gasteiger partial charge is 0.309 e. The summed E-state index contributed by atoms with van der Waals surface area (Å²) in [5, 5.41) is 11.9. The molecule has 0 aromatic heterocycles. The number of rotatable bonds is 8. The van der Waals surface area contributed by atoms with Crippen LogP contribution in [0, 0.1) is 5.41 Å². The highest BCUT2D eigenvalue weighted by Gasteiger charge is 2.26. The van der Waals surface area contributed by atoms with E-state index in [9.17, 15) is 9.59 Å². The first-order valence-electron chi connectivity index (χ1n) is 7.61. The van der Waals surface area contributed by atoms with Gasteiger partial charge in [-0.25, -0.2) is 0 Å². The van der Waals surface area contributed by atoms with Gasteiger partial charge in [-0.3, -0.25) is 9.59 Å². The van der Waals surface area contributed by atoms with Gasteiger partial charge in [0.05, 0.1) is 11.0 Å². The number of amides is 1. The highest BCUT2D eigenvalue weighted by atomic mass is 32.2. The van der Waals surface area contributed by atoms with E-state index in [0.29, 0.717) is 18.5 Å². The van der Waals surface area contributed by atoms with Gasteiger partial charge in [-0.2, -0.15) is 0 Å². The Hall–Kier alpha value is -1.75. The van der Waals surface area contributed by atoms with E-state index in [0.717, 1.165) is 10.6 Å². The first kappa shape index (κ1) is 19.3. The molecule has 1 rings (SSSR count). The van der Waals surface area contributed by atoms with Gasteiger partial charge in [0, 0.05) is 17.2 Å². The molecule has 0 unspecified atom stereocenters. The Kier molecular flexibility index (Phi) is 7.36. The van der Waals surface area contributed by atoms with Gasteiger partial charge in [-0.15, -0.1) is 11.8 Å². The molecular formula is C18H25NO3S. The summed E-state index contributed by atoms with van der Waals surface area (Å²) in [6.45, 7) is 7.74. The van der Waals surface area contributed by atoms with Crippen molar-refractivity contribution in [3.8, 4) is 0 Å². The van der Waals surface area contributed by atoms with Gasteiger partial charge in [0.25, 0.3) is 5.91 Å². The molecule has 23 heavy (non-hydrogen) atoms. The lowest BCUT2D eigenvalue weighted by molar-refractivity contribution is -0.147. The lowest BCUT2D eigenvalue weighted by Gasteiger charge is -2.19. The molecule has 5 heteroatoms. The molecule has 0 saturated heterocycles. The SMILES string of the molecule is CC(C)=CCSc1ccccc1C(=O)NCCC(C)(C)C(=O)O. The molecule has 0 fully saturated rings. The third-order valence-corrected chi connectivity index (χ3v) is 4.48. The zero-order valence-electron chi connectivity index (χ0n) is 14.2. The van der Waals surface area contributed by atoms with Gasteiger partial charge in [-0.05, 0) is 46.2 Å². The van der Waals surface area contributed by atoms with E-state index in [4.69, 9.17) is 5.11 Å². The third-order valence-electron chi connectivity index (χ3n) is 3.48. The van der Waals surface area contributed by atoms with Gasteiger partial charge in [0.1, 0.15) is 0 Å². The molecule has 4 nitrogen and oxygen atoms in total. The molecule has 1 amide bonds. The van der Waals surface area contributed by atoms with Crippen molar-refractivity contribution in [1.82, 2.24) is 5.32 Å². The first-order valence-corrected chi connectivity index (χ1v) is 8.59. The summed E-state index contributed by atoms with van der Waals surface area (Å²) in [5.74, 6) is -0.200. The van der Waals surface area contributed by atoms with E-state index in [1.54, 1.807) is 31.7 Å². The summed E-state index contributed by atoms with van der Waals surface area (Å²) in [6.07, 6.45) is 2.51. The quantitative estimate of drug-likeness (QED) is 0.557. The van der Waals surface area contributed by atoms with Crippen LogP contribution in [0.2, 0.25) is 0 Å². The van der Waals surface area contributed by atoms with E-state index in [-0.39, 0.29) is 5.91 Å². The minimum absolute atomic E-state index is 0.161. The highest BCUT2D eigenvalue weighted by molar-refractivity contribution is 7.99. The highest BCUT2D eigenvalue weighted by Crippen LogP contribution is 2.23. The fourth-order valence-corrected chi connectivity index (χ4v) is 2.86. The second-order valence-corrected chi connectivity index (χ2v) is 7.35. The van der Waals surface area contributed by atoms with E-state index >= 15 is 0 Å². The topological polar surface area (TPSA) is 66.4 Å². The van der Waals surface area contributed by atoms with Crippen molar-refractivity contribution >= 4 is 23.6 Å². The van der Waals surface area contributed by atoms with Crippen molar-refractivity contribution < 1.29 is 14.7 Å². The van der Waals surface area contributed by atoms with E-state index in [1.165, 1.54) is 5.57 Å². The Morgan fingerprint density at radius 2 is 1.91 bits per heavy atom. The van der Waals surface area contributed by atoms with Crippen molar-refractivity contribution in [2.75, 3.05) is 12.3 Å². The van der Waals surface area contributed by atoms with Crippen LogP contribution >= 0.6 is 11.8 Å². The molecule has 0 radical (unpaired) electrons. The fourth-order valence-electron chi connectivity index (χ4n) is 1.77. The summed E-state index contributed by atoms with van der Waals surface area (Å²) >= 11 is 1.62. The summed E-state index contributed by atoms with van der Waals surface area (Å²) in [6, 6.07) is 7.47. The van der Waals surface area contributed by atoms with Crippen molar-refractivity contribution in [2.45, 2.75) is 39.0 Å². The summed E-state index contributed by atoms with van der Waals surface area (Å²) in [5.41, 5.74) is 1.04. The molecule has 0 aliphatic rings. The van der Waals surface area contributed by atoms with Gasteiger partial charge < -0.3 is 10.4 Å². The summed E-state index contributed by atoms with van der Waals surface area (Å²) < 4.78 is 0. The number of nitrogens with one attached hydrogen (secondary N) is 1. The lowest BCUT2D eigenvalue weighted by atomic mass is 9.90. The monoisotopic (exact) mass is 335 g/mol. The molecule has 126 valence electrons. The van der Waals surface area contributed by atoms with Gasteiger partial charge in [0.2, 0.25) is 0 Å². The van der Waals surface area contributed by atoms with Crippen LogP contribution in [0.25, 0.3) is 0 Å². The molecule has 1 aromatic rings. The maximum absolute atomic E-state index is 12.3. The van der Waals surface area contributed by atoms with Gasteiger partial charge in [0.15, 0.2) is 0 Å². The summed E-state index contributed by atoms with van der Waals surface area (Å²) in [4.78, 5) is 24.3. The second kappa shape index (κ2) is 8.77. The maximum Gasteiger partial charge on any atom is 0.309 e. The predicted octanol–water partition coefficient (Wildman–Crippen LogP) is 3.98. The number of carbonyl (C=O) groups excluding carboxylic acids is 1. The number of thioether (sulfide) groups is 1. The number of aliphatic carboxylic acids is 1. The zero-order valence-corrected chi connectivity index (χ0v) is 15.0. The van der Waals surface area contributed by atoms with Crippen LogP contribution in [0.4, 0.5) is 0 Å². The molecule has 2 N–H and O–H groups in total. The van der Waals surface area contributed by atoms with E-state index in [2.05, 4.69) is 11.4 Å². The van der Waals surface area contributed by atoms with Crippen molar-refractivity contribution in [3.05, 3.63) is 41.5 Å². The standard InChI is InChI=1S/C18H25NO3S/c1-13(2)9-12-23-15-8-6-5-7-14(15)16(20)19-11-10-18(3,4)17(21)22/h5-9H,10-12H2,1-4H3,(H,19,20)(H,21,22). The first-order chi connectivity index (χ1) is 10.7. The van der Waals surface area contributed by atoms with Gasteiger partial charge in [-0.1, -0.05) is 23.8 Å². The molecule has 0 aliphatic carbocycles. The molecule has 0 aliphatic heterocycles. The number of allylic oxidation sites excluding steroid dienone is 1. The van der Waals surface area contributed by atoms with Gasteiger partial charge >= 0.3 is 5.97 Å². The Morgan fingerprint density at radius 1 is 1.26 bits per heavy atom. The molecular weight excluding hydrogens is 310 g/mol. The lowest BCUT2D eigenvalue weighted by Crippen LogP contribution is -2.32. The van der Waals surface area contributed by atoms with Crippen LogP contribution in [0.3, 0.4) is 0 Å². The Bertz CT molecular complexity index is 590.